The lowest BCUT2D eigenvalue weighted by Gasteiger charge is -2.43. The molecule has 4 rings (SSSR count). The van der Waals surface area contributed by atoms with Gasteiger partial charge < -0.3 is 20.2 Å². The number of nitrogens with one attached hydrogen (secondary N) is 1. The third kappa shape index (κ3) is 6.56. The summed E-state index contributed by atoms with van der Waals surface area (Å²) < 4.78 is 0. The molecule has 6 nitrogen and oxygen atoms in total. The van der Waals surface area contributed by atoms with E-state index in [4.69, 9.17) is 0 Å². The molecule has 1 aliphatic heterocycles. The summed E-state index contributed by atoms with van der Waals surface area (Å²) in [4.78, 5) is 29.8. The van der Waals surface area contributed by atoms with Gasteiger partial charge in [0.2, 0.25) is 0 Å². The van der Waals surface area contributed by atoms with Crippen LogP contribution >= 0.6 is 0 Å². The van der Waals surface area contributed by atoms with E-state index in [2.05, 4.69) is 5.32 Å². The first-order valence-electron chi connectivity index (χ1n) is 12.2. The van der Waals surface area contributed by atoms with E-state index in [1.807, 2.05) is 91.0 Å². The number of aliphatic hydroxyl groups excluding tert-OH is 1. The first kappa shape index (κ1) is 24.6. The number of aliphatic hydroxyl groups is 1. The van der Waals surface area contributed by atoms with Crippen LogP contribution in [0.15, 0.2) is 91.0 Å². The summed E-state index contributed by atoms with van der Waals surface area (Å²) >= 11 is 0. The number of hydrogen-bond donors (Lipinski definition) is 2. The maximum absolute atomic E-state index is 13.3. The molecule has 182 valence electrons. The van der Waals surface area contributed by atoms with Crippen LogP contribution in [0.2, 0.25) is 0 Å². The molecule has 0 radical (unpaired) electrons. The summed E-state index contributed by atoms with van der Waals surface area (Å²) in [6, 6.07) is 29.4. The van der Waals surface area contributed by atoms with E-state index in [1.54, 1.807) is 9.80 Å². The van der Waals surface area contributed by atoms with Gasteiger partial charge in [0.1, 0.15) is 0 Å². The van der Waals surface area contributed by atoms with Gasteiger partial charge in [0.15, 0.2) is 0 Å². The molecule has 1 fully saturated rings. The zero-order valence-corrected chi connectivity index (χ0v) is 19.9. The van der Waals surface area contributed by atoms with E-state index in [1.165, 1.54) is 0 Å². The molecule has 0 aliphatic carbocycles. The summed E-state index contributed by atoms with van der Waals surface area (Å²) in [6.07, 6.45) is 1.34. The second-order valence-corrected chi connectivity index (χ2v) is 8.99. The smallest absolute Gasteiger partial charge is 0.312 e. The van der Waals surface area contributed by atoms with E-state index in [9.17, 15) is 14.7 Å². The largest absolute Gasteiger partial charge is 0.394 e. The van der Waals surface area contributed by atoms with Crippen molar-refractivity contribution < 1.29 is 14.7 Å². The minimum atomic E-state index is -0.539. The quantitative estimate of drug-likeness (QED) is 0.422. The first-order valence-corrected chi connectivity index (χ1v) is 12.2. The number of piperazine rings is 1. The van der Waals surface area contributed by atoms with Gasteiger partial charge in [-0.15, -0.1) is 0 Å². The van der Waals surface area contributed by atoms with Crippen LogP contribution < -0.4 is 5.32 Å². The van der Waals surface area contributed by atoms with E-state index in [0.717, 1.165) is 16.7 Å². The van der Waals surface area contributed by atoms with Crippen LogP contribution in [0.1, 0.15) is 16.7 Å². The van der Waals surface area contributed by atoms with Gasteiger partial charge in [-0.3, -0.25) is 9.59 Å². The van der Waals surface area contributed by atoms with Crippen LogP contribution in [0.5, 0.6) is 0 Å². The summed E-state index contributed by atoms with van der Waals surface area (Å²) in [7, 11) is 0. The average Bonchev–Trinajstić information content (AvgIpc) is 2.90. The van der Waals surface area contributed by atoms with Crippen molar-refractivity contribution in [1.82, 2.24) is 15.1 Å². The van der Waals surface area contributed by atoms with Crippen molar-refractivity contribution >= 4 is 11.8 Å². The molecule has 1 aliphatic rings. The van der Waals surface area contributed by atoms with Gasteiger partial charge in [-0.1, -0.05) is 91.0 Å². The van der Waals surface area contributed by atoms with Crippen LogP contribution in [0.25, 0.3) is 0 Å². The van der Waals surface area contributed by atoms with Gasteiger partial charge in [-0.2, -0.15) is 0 Å². The zero-order valence-electron chi connectivity index (χ0n) is 19.9. The van der Waals surface area contributed by atoms with Crippen LogP contribution in [-0.2, 0) is 29.0 Å². The molecule has 35 heavy (non-hydrogen) atoms. The second kappa shape index (κ2) is 12.3. The van der Waals surface area contributed by atoms with Crippen molar-refractivity contribution in [3.8, 4) is 0 Å². The predicted octanol–water partition coefficient (Wildman–Crippen LogP) is 2.66. The fourth-order valence-electron chi connectivity index (χ4n) is 4.63. The Morgan fingerprint density at radius 2 is 1.37 bits per heavy atom. The molecule has 3 aromatic carbocycles. The Labute approximate surface area is 207 Å². The number of benzene rings is 3. The molecule has 2 N–H and O–H groups in total. The topological polar surface area (TPSA) is 72.9 Å². The van der Waals surface area contributed by atoms with Gasteiger partial charge >= 0.3 is 11.8 Å². The highest BCUT2D eigenvalue weighted by Crippen LogP contribution is 2.20. The maximum Gasteiger partial charge on any atom is 0.312 e. The van der Waals surface area contributed by atoms with Crippen LogP contribution in [0.3, 0.4) is 0 Å². The Kier molecular flexibility index (Phi) is 8.65. The van der Waals surface area contributed by atoms with Gasteiger partial charge in [0.05, 0.1) is 18.7 Å². The molecule has 3 aromatic rings. The number of carbonyl (C=O) groups is 2. The highest BCUT2D eigenvalue weighted by atomic mass is 16.3. The molecule has 0 unspecified atom stereocenters. The molecule has 1 heterocycles. The first-order chi connectivity index (χ1) is 17.2. The van der Waals surface area contributed by atoms with Crippen LogP contribution in [0.4, 0.5) is 0 Å². The number of nitrogens with zero attached hydrogens (tertiary/aromatic N) is 2. The van der Waals surface area contributed by atoms with Crippen molar-refractivity contribution in [3.63, 3.8) is 0 Å². The Morgan fingerprint density at radius 3 is 1.97 bits per heavy atom. The number of carbonyl (C=O) groups excluding carboxylic acids is 2. The van der Waals surface area contributed by atoms with Gasteiger partial charge in [-0.25, -0.2) is 0 Å². The monoisotopic (exact) mass is 471 g/mol. The fraction of sp³-hybridized carbons (Fsp3) is 0.310. The average molecular weight is 472 g/mol. The van der Waals surface area contributed by atoms with Gasteiger partial charge in [0, 0.05) is 26.2 Å². The molecule has 1 saturated heterocycles. The predicted molar refractivity (Wildman–Crippen MR) is 137 cm³/mol. The molecule has 6 heteroatoms. The number of hydrogen-bond acceptors (Lipinski definition) is 4. The van der Waals surface area contributed by atoms with E-state index in [-0.39, 0.29) is 12.6 Å². The summed E-state index contributed by atoms with van der Waals surface area (Å²) in [5, 5.41) is 13.4. The Morgan fingerprint density at radius 1 is 0.800 bits per heavy atom. The highest BCUT2D eigenvalue weighted by molar-refractivity contribution is 6.35. The van der Waals surface area contributed by atoms with Crippen molar-refractivity contribution in [2.75, 3.05) is 26.2 Å². The minimum absolute atomic E-state index is 0.158. The standard InChI is InChI=1S/C29H33N3O3/c33-22-27(20-30-19-25-14-8-3-9-15-25)32-21-26(18-24-12-6-2-7-13-24)31(28(34)29(32)35)17-16-23-10-4-1-5-11-23/h1-15,26-27,30,33H,16-22H2/t26-,27+/m0/s1. The van der Waals surface area contributed by atoms with Crippen LogP contribution in [-0.4, -0.2) is 65.0 Å². The lowest BCUT2D eigenvalue weighted by Crippen LogP contribution is -2.64. The summed E-state index contributed by atoms with van der Waals surface area (Å²) in [5.74, 6) is -1.03. The van der Waals surface area contributed by atoms with E-state index >= 15 is 0 Å². The molecule has 0 saturated carbocycles. The Balaban J connectivity index is 1.47. The molecule has 0 aromatic heterocycles. The van der Waals surface area contributed by atoms with Crippen molar-refractivity contribution in [3.05, 3.63) is 108 Å². The number of rotatable bonds is 11. The molecule has 0 spiro atoms. The van der Waals surface area contributed by atoms with Crippen molar-refractivity contribution in [2.24, 2.45) is 0 Å². The van der Waals surface area contributed by atoms with Gasteiger partial charge in [-0.05, 0) is 29.5 Å². The SMILES string of the molecule is O=C1C(=O)N([C@@H](CO)CNCc2ccccc2)C[C@H](Cc2ccccc2)N1CCc1ccccc1. The zero-order chi connectivity index (χ0) is 24.5. The molecular formula is C29H33N3O3. The van der Waals surface area contributed by atoms with E-state index in [0.29, 0.717) is 39.0 Å². The third-order valence-electron chi connectivity index (χ3n) is 6.55. The van der Waals surface area contributed by atoms with Gasteiger partial charge in [0.25, 0.3) is 0 Å². The second-order valence-electron chi connectivity index (χ2n) is 8.99. The molecular weight excluding hydrogens is 438 g/mol. The summed E-state index contributed by atoms with van der Waals surface area (Å²) in [6.45, 7) is 1.71. The maximum atomic E-state index is 13.3. The molecule has 0 bridgehead atoms. The molecule has 2 atom stereocenters. The molecule has 2 amide bonds. The van der Waals surface area contributed by atoms with E-state index < -0.39 is 17.9 Å². The highest BCUT2D eigenvalue weighted by Gasteiger charge is 2.41. The normalized spacial score (nSPS) is 17.0. The lowest BCUT2D eigenvalue weighted by atomic mass is 9.99. The minimum Gasteiger partial charge on any atom is -0.394 e. The van der Waals surface area contributed by atoms with Crippen molar-refractivity contribution in [1.29, 1.82) is 0 Å². The van der Waals surface area contributed by atoms with Crippen LogP contribution in [0, 0.1) is 0 Å². The fourth-order valence-corrected chi connectivity index (χ4v) is 4.63. The lowest BCUT2D eigenvalue weighted by molar-refractivity contribution is -0.161. The Hall–Kier alpha value is -3.48. The van der Waals surface area contributed by atoms with Crippen molar-refractivity contribution in [2.45, 2.75) is 31.5 Å². The Bertz CT molecular complexity index is 1080. The summed E-state index contributed by atoms with van der Waals surface area (Å²) in [5.41, 5.74) is 3.37. The number of amides is 2. The third-order valence-corrected chi connectivity index (χ3v) is 6.55.